The van der Waals surface area contributed by atoms with Gasteiger partial charge in [-0.25, -0.2) is 9.66 Å². The van der Waals surface area contributed by atoms with Crippen molar-refractivity contribution in [1.29, 1.82) is 0 Å². The van der Waals surface area contributed by atoms with Crippen LogP contribution in [0.2, 0.25) is 5.02 Å². The Balaban J connectivity index is 1.83. The summed E-state index contributed by atoms with van der Waals surface area (Å²) >= 11 is 6.04. The van der Waals surface area contributed by atoms with Gasteiger partial charge in [-0.2, -0.15) is 0 Å². The molecule has 3 aromatic rings. The molecule has 0 spiro atoms. The minimum Gasteiger partial charge on any atom is -0.496 e. The zero-order chi connectivity index (χ0) is 19.8. The maximum Gasteiger partial charge on any atom is 0.280 e. The first kappa shape index (κ1) is 18.3. The molecule has 8 heteroatoms. The standard InChI is InChI=1S/C20H18ClN3O4/c1-27-15-4-3-5-16(28-2)17(15)19(25)23-24-18(11-6-7-11)22-14-10-12(21)8-9-13(14)20(24)26/h3-5,8-11H,6-7H2,1-2H3,(H,23,25). The zero-order valence-electron chi connectivity index (χ0n) is 15.4. The average Bonchev–Trinajstić information content (AvgIpc) is 3.54. The minimum atomic E-state index is -0.520. The predicted octanol–water partition coefficient (Wildman–Crippen LogP) is 3.33. The van der Waals surface area contributed by atoms with Crippen molar-refractivity contribution in [3.05, 3.63) is 63.2 Å². The van der Waals surface area contributed by atoms with Gasteiger partial charge in [-0.1, -0.05) is 17.7 Å². The smallest absolute Gasteiger partial charge is 0.280 e. The molecular formula is C20H18ClN3O4. The summed E-state index contributed by atoms with van der Waals surface area (Å²) in [6.07, 6.45) is 1.82. The van der Waals surface area contributed by atoms with Gasteiger partial charge in [-0.15, -0.1) is 0 Å². The summed E-state index contributed by atoms with van der Waals surface area (Å²) in [6.45, 7) is 0. The molecule has 1 aromatic heterocycles. The summed E-state index contributed by atoms with van der Waals surface area (Å²) in [6, 6.07) is 9.91. The van der Waals surface area contributed by atoms with Crippen molar-refractivity contribution in [3.8, 4) is 11.5 Å². The summed E-state index contributed by atoms with van der Waals surface area (Å²) in [4.78, 5) is 30.7. The fraction of sp³-hybridized carbons (Fsp3) is 0.250. The normalized spacial score (nSPS) is 13.4. The molecule has 0 bridgehead atoms. The Bertz CT molecular complexity index is 1120. The molecule has 0 unspecified atom stereocenters. The first-order valence-electron chi connectivity index (χ1n) is 8.78. The number of ether oxygens (including phenoxy) is 2. The van der Waals surface area contributed by atoms with E-state index in [4.69, 9.17) is 21.1 Å². The van der Waals surface area contributed by atoms with Gasteiger partial charge in [0.1, 0.15) is 22.9 Å². The number of nitrogens with zero attached hydrogens (tertiary/aromatic N) is 2. The van der Waals surface area contributed by atoms with E-state index < -0.39 is 5.91 Å². The van der Waals surface area contributed by atoms with Crippen molar-refractivity contribution in [1.82, 2.24) is 9.66 Å². The third-order valence-electron chi connectivity index (χ3n) is 4.67. The van der Waals surface area contributed by atoms with Crippen molar-refractivity contribution in [2.75, 3.05) is 19.6 Å². The number of carbonyl (C=O) groups is 1. The van der Waals surface area contributed by atoms with Gasteiger partial charge in [0, 0.05) is 10.9 Å². The van der Waals surface area contributed by atoms with Crippen LogP contribution in [0.5, 0.6) is 11.5 Å². The highest BCUT2D eigenvalue weighted by Gasteiger charge is 2.31. The molecule has 1 saturated carbocycles. The molecule has 4 rings (SSSR count). The molecule has 1 heterocycles. The van der Waals surface area contributed by atoms with E-state index in [1.54, 1.807) is 36.4 Å². The molecule has 0 saturated heterocycles. The van der Waals surface area contributed by atoms with E-state index in [0.29, 0.717) is 33.2 Å². The molecule has 1 fully saturated rings. The third-order valence-corrected chi connectivity index (χ3v) is 4.90. The van der Waals surface area contributed by atoms with Crippen LogP contribution in [0.3, 0.4) is 0 Å². The van der Waals surface area contributed by atoms with Crippen LogP contribution in [-0.2, 0) is 0 Å². The Morgan fingerprint density at radius 1 is 1.18 bits per heavy atom. The molecule has 1 N–H and O–H groups in total. The monoisotopic (exact) mass is 399 g/mol. The number of amides is 1. The molecular weight excluding hydrogens is 382 g/mol. The summed E-state index contributed by atoms with van der Waals surface area (Å²) in [5.74, 6) is 0.808. The molecule has 1 amide bonds. The van der Waals surface area contributed by atoms with Gasteiger partial charge in [0.2, 0.25) is 0 Å². The van der Waals surface area contributed by atoms with E-state index in [1.165, 1.54) is 18.9 Å². The van der Waals surface area contributed by atoms with Gasteiger partial charge in [0.05, 0.1) is 25.1 Å². The summed E-state index contributed by atoms with van der Waals surface area (Å²) < 4.78 is 11.8. The Morgan fingerprint density at radius 2 is 1.86 bits per heavy atom. The van der Waals surface area contributed by atoms with E-state index in [9.17, 15) is 9.59 Å². The minimum absolute atomic E-state index is 0.121. The fourth-order valence-electron chi connectivity index (χ4n) is 3.13. The van der Waals surface area contributed by atoms with Crippen LogP contribution in [-0.4, -0.2) is 29.8 Å². The van der Waals surface area contributed by atoms with E-state index >= 15 is 0 Å². The van der Waals surface area contributed by atoms with Crippen LogP contribution in [0.1, 0.15) is 34.9 Å². The van der Waals surface area contributed by atoms with Crippen molar-refractivity contribution in [3.63, 3.8) is 0 Å². The number of hydrogen-bond donors (Lipinski definition) is 1. The number of fused-ring (bicyclic) bond motifs is 1. The number of nitrogens with one attached hydrogen (secondary N) is 1. The highest BCUT2D eigenvalue weighted by molar-refractivity contribution is 6.31. The first-order valence-corrected chi connectivity index (χ1v) is 9.16. The Labute approximate surface area is 165 Å². The van der Waals surface area contributed by atoms with E-state index in [2.05, 4.69) is 10.4 Å². The van der Waals surface area contributed by atoms with Crippen LogP contribution in [0.4, 0.5) is 0 Å². The third kappa shape index (κ3) is 3.18. The number of carbonyl (C=O) groups excluding carboxylic acids is 1. The topological polar surface area (TPSA) is 82.4 Å². The second-order valence-electron chi connectivity index (χ2n) is 6.52. The number of benzene rings is 2. The maximum atomic E-state index is 13.1. The van der Waals surface area contributed by atoms with Crippen LogP contribution < -0.4 is 20.5 Å². The predicted molar refractivity (Wildman–Crippen MR) is 106 cm³/mol. The Kier molecular flexibility index (Phi) is 4.68. The molecule has 0 aliphatic heterocycles. The van der Waals surface area contributed by atoms with E-state index in [-0.39, 0.29) is 17.0 Å². The van der Waals surface area contributed by atoms with Gasteiger partial charge >= 0.3 is 0 Å². The van der Waals surface area contributed by atoms with Gasteiger partial charge in [0.15, 0.2) is 0 Å². The SMILES string of the molecule is COc1cccc(OC)c1C(=O)Nn1c(C2CC2)nc2cc(Cl)ccc2c1=O. The molecule has 28 heavy (non-hydrogen) atoms. The van der Waals surface area contributed by atoms with Crippen LogP contribution >= 0.6 is 11.6 Å². The lowest BCUT2D eigenvalue weighted by Gasteiger charge is -2.16. The number of rotatable bonds is 5. The number of halogens is 1. The average molecular weight is 400 g/mol. The lowest BCUT2D eigenvalue weighted by atomic mass is 10.1. The Morgan fingerprint density at radius 3 is 2.46 bits per heavy atom. The molecule has 1 aliphatic carbocycles. The molecule has 0 radical (unpaired) electrons. The maximum absolute atomic E-state index is 13.1. The molecule has 0 atom stereocenters. The molecule has 7 nitrogen and oxygen atoms in total. The van der Waals surface area contributed by atoms with Crippen molar-refractivity contribution in [2.24, 2.45) is 0 Å². The van der Waals surface area contributed by atoms with Gasteiger partial charge < -0.3 is 9.47 Å². The first-order chi connectivity index (χ1) is 13.5. The van der Waals surface area contributed by atoms with Crippen LogP contribution in [0.25, 0.3) is 10.9 Å². The second-order valence-corrected chi connectivity index (χ2v) is 6.96. The molecule has 2 aromatic carbocycles. The largest absolute Gasteiger partial charge is 0.496 e. The van der Waals surface area contributed by atoms with E-state index in [1.807, 2.05) is 0 Å². The van der Waals surface area contributed by atoms with Crippen LogP contribution in [0, 0.1) is 0 Å². The van der Waals surface area contributed by atoms with Crippen molar-refractivity contribution < 1.29 is 14.3 Å². The highest BCUT2D eigenvalue weighted by atomic mass is 35.5. The molecule has 1 aliphatic rings. The highest BCUT2D eigenvalue weighted by Crippen LogP contribution is 2.39. The fourth-order valence-corrected chi connectivity index (χ4v) is 3.30. The van der Waals surface area contributed by atoms with Crippen LogP contribution in [0.15, 0.2) is 41.2 Å². The Hall–Kier alpha value is -3.06. The zero-order valence-corrected chi connectivity index (χ0v) is 16.1. The van der Waals surface area contributed by atoms with Crippen molar-refractivity contribution >= 4 is 28.4 Å². The van der Waals surface area contributed by atoms with Gasteiger partial charge in [-0.05, 0) is 43.2 Å². The summed E-state index contributed by atoms with van der Waals surface area (Å²) in [7, 11) is 2.93. The van der Waals surface area contributed by atoms with E-state index in [0.717, 1.165) is 12.8 Å². The van der Waals surface area contributed by atoms with Crippen molar-refractivity contribution in [2.45, 2.75) is 18.8 Å². The second kappa shape index (κ2) is 7.16. The van der Waals surface area contributed by atoms with Gasteiger partial charge in [0.25, 0.3) is 11.5 Å². The molecule has 144 valence electrons. The number of methoxy groups -OCH3 is 2. The van der Waals surface area contributed by atoms with Gasteiger partial charge in [-0.3, -0.25) is 15.0 Å². The summed E-state index contributed by atoms with van der Waals surface area (Å²) in [5.41, 5.74) is 3.05. The number of aromatic nitrogens is 2. The number of hydrogen-bond acceptors (Lipinski definition) is 5. The quantitative estimate of drug-likeness (QED) is 0.711. The lowest BCUT2D eigenvalue weighted by Crippen LogP contribution is -2.36. The lowest BCUT2D eigenvalue weighted by molar-refractivity contribution is 0.1000. The summed E-state index contributed by atoms with van der Waals surface area (Å²) in [5, 5.41) is 0.878.